The van der Waals surface area contributed by atoms with Crippen LogP contribution >= 0.6 is 0 Å². The summed E-state index contributed by atoms with van der Waals surface area (Å²) in [6, 6.07) is 18.7. The fourth-order valence-corrected chi connectivity index (χ4v) is 3.75. The lowest BCUT2D eigenvalue weighted by Gasteiger charge is -2.18. The summed E-state index contributed by atoms with van der Waals surface area (Å²) in [5.41, 5.74) is 3.03. The molecule has 9 nitrogen and oxygen atoms in total. The van der Waals surface area contributed by atoms with Crippen LogP contribution in [0.25, 0.3) is 0 Å². The van der Waals surface area contributed by atoms with E-state index in [9.17, 15) is 23.4 Å². The highest BCUT2D eigenvalue weighted by molar-refractivity contribution is 7.85. The molecule has 0 saturated carbocycles. The maximum Gasteiger partial charge on any atom is 0.294 e. The molecule has 0 aliphatic heterocycles. The Balaban J connectivity index is 0.000000346. The molecule has 1 amide bonds. The molecule has 0 heterocycles. The molecule has 3 aromatic carbocycles. The van der Waals surface area contributed by atoms with Crippen LogP contribution in [0, 0.1) is 6.92 Å². The van der Waals surface area contributed by atoms with Crippen molar-refractivity contribution in [3.05, 3.63) is 83.4 Å². The van der Waals surface area contributed by atoms with Gasteiger partial charge >= 0.3 is 0 Å². The molecular formula is C26H32N2O7S. The van der Waals surface area contributed by atoms with E-state index in [-0.39, 0.29) is 22.4 Å². The molecule has 0 aromatic heterocycles. The molecule has 5 N–H and O–H groups in total. The number of aromatic hydroxyl groups is 1. The maximum absolute atomic E-state index is 10.5. The number of anilines is 1. The fourth-order valence-electron chi connectivity index (χ4n) is 3.27. The van der Waals surface area contributed by atoms with Crippen molar-refractivity contribution in [2.75, 3.05) is 19.0 Å². The van der Waals surface area contributed by atoms with E-state index in [1.54, 1.807) is 31.4 Å². The highest BCUT2D eigenvalue weighted by Crippen LogP contribution is 2.26. The molecule has 0 spiro atoms. The Morgan fingerprint density at radius 3 is 2.22 bits per heavy atom. The van der Waals surface area contributed by atoms with Crippen molar-refractivity contribution in [1.82, 2.24) is 5.32 Å². The number of aryl methyl sites for hydroxylation is 1. The Bertz CT molecular complexity index is 1210. The first kappa shape index (κ1) is 28.8. The number of carbonyl (C=O) groups excluding carboxylic acids is 1. The summed E-state index contributed by atoms with van der Waals surface area (Å²) >= 11 is 0. The van der Waals surface area contributed by atoms with Gasteiger partial charge in [0.05, 0.1) is 23.8 Å². The Labute approximate surface area is 211 Å². The minimum absolute atomic E-state index is 0.0381. The standard InChI is InChI=1S/C19H24N2O4.C7H8O3S/c1-13(9-14-3-6-16(25-2)7-4-14)20-11-19(24)15-5-8-18(23)17(10-15)21-12-22;1-6-2-4-7(5-3-6)11(8,9)10/h3-8,10,12-13,19-20,23-24H,9,11H2,1-2H3,(H,21,22);2-5H,1H3,(H,8,9,10)/t13-,19+;/m1./s1. The fraction of sp³-hybridized carbons (Fsp3) is 0.269. The lowest BCUT2D eigenvalue weighted by Crippen LogP contribution is -2.32. The second kappa shape index (κ2) is 13.6. The maximum atomic E-state index is 10.5. The Morgan fingerprint density at radius 2 is 1.67 bits per heavy atom. The van der Waals surface area contributed by atoms with Crippen molar-refractivity contribution in [2.24, 2.45) is 0 Å². The van der Waals surface area contributed by atoms with Crippen molar-refractivity contribution in [1.29, 1.82) is 0 Å². The molecule has 3 aromatic rings. The number of methoxy groups -OCH3 is 1. The molecule has 194 valence electrons. The average molecular weight is 517 g/mol. The van der Waals surface area contributed by atoms with Crippen molar-refractivity contribution >= 4 is 22.2 Å². The number of aliphatic hydroxyl groups is 1. The quantitative estimate of drug-likeness (QED) is 0.156. The number of ether oxygens (including phenoxy) is 1. The van der Waals surface area contributed by atoms with E-state index in [1.165, 1.54) is 23.8 Å². The summed E-state index contributed by atoms with van der Waals surface area (Å²) in [6.07, 6.45) is 0.566. The lowest BCUT2D eigenvalue weighted by molar-refractivity contribution is -0.105. The van der Waals surface area contributed by atoms with Gasteiger partial charge in [-0.25, -0.2) is 0 Å². The number of rotatable bonds is 10. The summed E-state index contributed by atoms with van der Waals surface area (Å²) in [5.74, 6) is 0.788. The zero-order chi connectivity index (χ0) is 26.7. The van der Waals surface area contributed by atoms with Gasteiger partial charge in [-0.05, 0) is 67.8 Å². The van der Waals surface area contributed by atoms with E-state index >= 15 is 0 Å². The molecule has 2 atom stereocenters. The molecule has 0 aliphatic carbocycles. The number of aliphatic hydroxyl groups excluding tert-OH is 1. The highest BCUT2D eigenvalue weighted by Gasteiger charge is 2.12. The van der Waals surface area contributed by atoms with Crippen LogP contribution in [-0.2, 0) is 21.3 Å². The summed E-state index contributed by atoms with van der Waals surface area (Å²) in [6.45, 7) is 4.25. The van der Waals surface area contributed by atoms with E-state index in [4.69, 9.17) is 9.29 Å². The minimum Gasteiger partial charge on any atom is -0.506 e. The lowest BCUT2D eigenvalue weighted by atomic mass is 10.1. The summed E-state index contributed by atoms with van der Waals surface area (Å²) in [4.78, 5) is 10.5. The number of hydrogen-bond acceptors (Lipinski definition) is 7. The van der Waals surface area contributed by atoms with Crippen LogP contribution in [0.4, 0.5) is 5.69 Å². The van der Waals surface area contributed by atoms with Crippen LogP contribution in [0.5, 0.6) is 11.5 Å². The SMILES string of the molecule is COc1ccc(C[C@@H](C)NC[C@H](O)c2ccc(O)c(NC=O)c2)cc1.Cc1ccc(S(=O)(=O)O)cc1. The Hall–Kier alpha value is -3.44. The van der Waals surface area contributed by atoms with E-state index in [0.717, 1.165) is 17.7 Å². The molecule has 0 radical (unpaired) electrons. The van der Waals surface area contributed by atoms with E-state index in [0.29, 0.717) is 18.5 Å². The van der Waals surface area contributed by atoms with E-state index < -0.39 is 16.2 Å². The van der Waals surface area contributed by atoms with Gasteiger partial charge in [0.25, 0.3) is 10.1 Å². The number of phenols is 1. The van der Waals surface area contributed by atoms with Gasteiger partial charge in [0, 0.05) is 12.6 Å². The number of benzene rings is 3. The van der Waals surface area contributed by atoms with Crippen LogP contribution in [0.2, 0.25) is 0 Å². The molecular weight excluding hydrogens is 484 g/mol. The molecule has 10 heteroatoms. The van der Waals surface area contributed by atoms with Crippen molar-refractivity contribution in [3.63, 3.8) is 0 Å². The number of hydrogen-bond donors (Lipinski definition) is 5. The third kappa shape index (κ3) is 9.31. The predicted octanol–water partition coefficient (Wildman–Crippen LogP) is 3.47. The summed E-state index contributed by atoms with van der Waals surface area (Å²) < 4.78 is 34.7. The summed E-state index contributed by atoms with van der Waals surface area (Å²) in [5, 5.41) is 25.6. The van der Waals surface area contributed by atoms with Crippen LogP contribution < -0.4 is 15.4 Å². The van der Waals surface area contributed by atoms with Crippen LogP contribution in [0.3, 0.4) is 0 Å². The Morgan fingerprint density at radius 1 is 1.03 bits per heavy atom. The van der Waals surface area contributed by atoms with Crippen LogP contribution in [0.15, 0.2) is 71.6 Å². The molecule has 0 bridgehead atoms. The van der Waals surface area contributed by atoms with E-state index in [1.807, 2.05) is 38.1 Å². The molecule has 36 heavy (non-hydrogen) atoms. The smallest absolute Gasteiger partial charge is 0.294 e. The van der Waals surface area contributed by atoms with Crippen molar-refractivity contribution < 1.29 is 32.7 Å². The van der Waals surface area contributed by atoms with Gasteiger partial charge in [0.15, 0.2) is 0 Å². The zero-order valence-electron chi connectivity index (χ0n) is 20.4. The highest BCUT2D eigenvalue weighted by atomic mass is 32.2. The first-order valence-electron chi connectivity index (χ1n) is 11.1. The zero-order valence-corrected chi connectivity index (χ0v) is 21.2. The third-order valence-electron chi connectivity index (χ3n) is 5.30. The average Bonchev–Trinajstić information content (AvgIpc) is 2.84. The largest absolute Gasteiger partial charge is 0.506 e. The molecule has 0 fully saturated rings. The van der Waals surface area contributed by atoms with Gasteiger partial charge in [0.2, 0.25) is 6.41 Å². The first-order chi connectivity index (χ1) is 17.0. The van der Waals surface area contributed by atoms with Gasteiger partial charge in [0.1, 0.15) is 11.5 Å². The minimum atomic E-state index is -4.02. The monoisotopic (exact) mass is 516 g/mol. The normalized spacial score (nSPS) is 12.6. The van der Waals surface area contributed by atoms with Gasteiger partial charge in [-0.2, -0.15) is 8.42 Å². The topological polar surface area (TPSA) is 145 Å². The number of phenolic OH excluding ortho intramolecular Hbond substituents is 1. The van der Waals surface area contributed by atoms with Gasteiger partial charge in [-0.3, -0.25) is 9.35 Å². The van der Waals surface area contributed by atoms with Gasteiger partial charge < -0.3 is 25.6 Å². The molecule has 0 aliphatic rings. The summed E-state index contributed by atoms with van der Waals surface area (Å²) in [7, 11) is -2.38. The third-order valence-corrected chi connectivity index (χ3v) is 6.17. The molecule has 3 rings (SSSR count). The number of carbonyl (C=O) groups is 1. The second-order valence-corrected chi connectivity index (χ2v) is 9.63. The number of amides is 1. The van der Waals surface area contributed by atoms with Gasteiger partial charge in [-0.15, -0.1) is 0 Å². The Kier molecular flexibility index (Phi) is 10.9. The van der Waals surface area contributed by atoms with Crippen molar-refractivity contribution in [3.8, 4) is 11.5 Å². The van der Waals surface area contributed by atoms with Crippen LogP contribution in [-0.4, -0.2) is 49.3 Å². The molecule has 0 unspecified atom stereocenters. The van der Waals surface area contributed by atoms with Gasteiger partial charge in [-0.1, -0.05) is 35.9 Å². The first-order valence-corrected chi connectivity index (χ1v) is 12.6. The predicted molar refractivity (Wildman–Crippen MR) is 138 cm³/mol. The molecule has 0 saturated heterocycles. The number of nitrogens with one attached hydrogen (secondary N) is 2. The van der Waals surface area contributed by atoms with Crippen molar-refractivity contribution in [2.45, 2.75) is 37.3 Å². The van der Waals surface area contributed by atoms with E-state index in [2.05, 4.69) is 10.6 Å². The van der Waals surface area contributed by atoms with Crippen LogP contribution in [0.1, 0.15) is 29.7 Å². The second-order valence-electron chi connectivity index (χ2n) is 8.20.